The highest BCUT2D eigenvalue weighted by molar-refractivity contribution is 9.10. The van der Waals surface area contributed by atoms with Gasteiger partial charge < -0.3 is 10.8 Å². The Labute approximate surface area is 106 Å². The van der Waals surface area contributed by atoms with E-state index in [-0.39, 0.29) is 12.3 Å². The summed E-state index contributed by atoms with van der Waals surface area (Å²) in [5, 5.41) is 10.6. The number of anilines is 1. The minimum Gasteiger partial charge on any atom is -0.506 e. The summed E-state index contributed by atoms with van der Waals surface area (Å²) in [5.41, 5.74) is 7.82. The second-order valence-electron chi connectivity index (χ2n) is 3.19. The lowest BCUT2D eigenvalue weighted by Gasteiger charge is -2.21. The number of benzene rings is 1. The number of nitrogens with two attached hydrogens (primary N) is 1. The van der Waals surface area contributed by atoms with Crippen LogP contribution in [0.2, 0.25) is 0 Å². The fourth-order valence-electron chi connectivity index (χ4n) is 1.15. The molecule has 1 aromatic carbocycles. The van der Waals surface area contributed by atoms with E-state index >= 15 is 0 Å². The van der Waals surface area contributed by atoms with Crippen molar-refractivity contribution in [3.63, 3.8) is 0 Å². The van der Waals surface area contributed by atoms with E-state index in [1.807, 2.05) is 0 Å². The number of nitrogens with zero attached hydrogens (tertiary/aromatic N) is 1. The number of nitrogens with one attached hydrogen (secondary N) is 1. The van der Waals surface area contributed by atoms with Crippen molar-refractivity contribution in [3.05, 3.63) is 22.7 Å². The highest BCUT2D eigenvalue weighted by Gasteiger charge is 2.18. The Hall–Kier alpha value is -1.76. The number of halogens is 1. The number of hydrogen-bond acceptors (Lipinski definition) is 4. The van der Waals surface area contributed by atoms with E-state index in [1.165, 1.54) is 6.07 Å². The normalized spacial score (nSPS) is 9.76. The van der Waals surface area contributed by atoms with E-state index < -0.39 is 11.8 Å². The highest BCUT2D eigenvalue weighted by Crippen LogP contribution is 2.27. The number of primary amides is 1. The molecule has 0 atom stereocenters. The van der Waals surface area contributed by atoms with Crippen LogP contribution in [0.15, 0.2) is 22.7 Å². The van der Waals surface area contributed by atoms with Crippen molar-refractivity contribution in [2.45, 2.75) is 6.92 Å². The summed E-state index contributed by atoms with van der Waals surface area (Å²) in [5.74, 6) is -1.97. The molecular weight excluding hydrogens is 290 g/mol. The predicted octanol–water partition coefficient (Wildman–Crippen LogP) is 0.815. The summed E-state index contributed by atoms with van der Waals surface area (Å²) in [4.78, 5) is 22.1. The summed E-state index contributed by atoms with van der Waals surface area (Å²) in [6, 6.07) is 4.67. The topological polar surface area (TPSA) is 95.7 Å². The Bertz CT molecular complexity index is 450. The zero-order chi connectivity index (χ0) is 13.0. The van der Waals surface area contributed by atoms with E-state index in [2.05, 4.69) is 21.4 Å². The first kappa shape index (κ1) is 13.3. The molecule has 0 aliphatic heterocycles. The third kappa shape index (κ3) is 3.35. The molecule has 0 bridgehead atoms. The molecule has 0 fully saturated rings. The number of aromatic hydroxyl groups is 1. The van der Waals surface area contributed by atoms with Crippen molar-refractivity contribution in [1.29, 1.82) is 0 Å². The number of hydrogen-bond donors (Lipinski definition) is 3. The Balaban J connectivity index is 2.91. The van der Waals surface area contributed by atoms with Gasteiger partial charge in [0.2, 0.25) is 0 Å². The van der Waals surface area contributed by atoms with Gasteiger partial charge in [0, 0.05) is 11.0 Å². The van der Waals surface area contributed by atoms with Gasteiger partial charge in [0.25, 0.3) is 0 Å². The lowest BCUT2D eigenvalue weighted by molar-refractivity contribution is -0.143. The number of phenolic OH excluding ortho intramolecular Hbond substituents is 1. The number of phenols is 1. The molecule has 0 aliphatic carbocycles. The first-order valence-corrected chi connectivity index (χ1v) is 5.61. The second kappa shape index (κ2) is 5.53. The van der Waals surface area contributed by atoms with Gasteiger partial charge in [-0.2, -0.15) is 0 Å². The molecule has 0 saturated heterocycles. The minimum absolute atomic E-state index is 0.0380. The fourth-order valence-corrected chi connectivity index (χ4v) is 1.51. The van der Waals surface area contributed by atoms with Gasteiger partial charge in [-0.15, -0.1) is 0 Å². The zero-order valence-corrected chi connectivity index (χ0v) is 10.7. The Morgan fingerprint density at radius 2 is 2.18 bits per heavy atom. The molecule has 92 valence electrons. The number of likely N-dealkylation sites (N-methyl/N-ethyl adjacent to an activating group) is 1. The third-order valence-corrected chi connectivity index (χ3v) is 2.48. The Morgan fingerprint density at radius 3 is 2.71 bits per heavy atom. The van der Waals surface area contributed by atoms with Crippen molar-refractivity contribution < 1.29 is 14.7 Å². The van der Waals surface area contributed by atoms with Crippen LogP contribution in [0, 0.1) is 0 Å². The molecule has 4 N–H and O–H groups in total. The molecule has 7 heteroatoms. The molecule has 0 heterocycles. The average Bonchev–Trinajstić information content (AvgIpc) is 2.29. The maximum atomic E-state index is 11.4. The molecule has 1 aromatic rings. The Kier molecular flexibility index (Phi) is 4.33. The predicted molar refractivity (Wildman–Crippen MR) is 66.0 cm³/mol. The first-order valence-electron chi connectivity index (χ1n) is 4.82. The molecule has 1 rings (SSSR count). The van der Waals surface area contributed by atoms with Gasteiger partial charge in [0.1, 0.15) is 5.75 Å². The van der Waals surface area contributed by atoms with Crippen LogP contribution in [0.3, 0.4) is 0 Å². The number of rotatable bonds is 3. The monoisotopic (exact) mass is 301 g/mol. The summed E-state index contributed by atoms with van der Waals surface area (Å²) < 4.78 is 0.723. The van der Waals surface area contributed by atoms with Crippen molar-refractivity contribution >= 4 is 33.4 Å². The van der Waals surface area contributed by atoms with E-state index in [1.54, 1.807) is 19.1 Å². The van der Waals surface area contributed by atoms with E-state index in [0.717, 1.165) is 9.48 Å². The quantitative estimate of drug-likeness (QED) is 0.437. The van der Waals surface area contributed by atoms with Crippen LogP contribution < -0.4 is 11.2 Å². The van der Waals surface area contributed by atoms with Gasteiger partial charge in [-0.3, -0.25) is 15.0 Å². The fraction of sp³-hybridized carbons (Fsp3) is 0.200. The Morgan fingerprint density at radius 1 is 1.53 bits per heavy atom. The van der Waals surface area contributed by atoms with Crippen molar-refractivity contribution in [1.82, 2.24) is 5.01 Å². The number of carbonyl (C=O) groups excluding carboxylic acids is 2. The van der Waals surface area contributed by atoms with Crippen LogP contribution in [0.1, 0.15) is 6.92 Å². The van der Waals surface area contributed by atoms with Crippen LogP contribution in [0.25, 0.3) is 0 Å². The van der Waals surface area contributed by atoms with Gasteiger partial charge in [-0.1, -0.05) is 15.9 Å². The molecular formula is C10H12BrN3O3. The van der Waals surface area contributed by atoms with Gasteiger partial charge in [-0.25, -0.2) is 5.01 Å². The molecule has 0 aromatic heterocycles. The number of amides is 2. The van der Waals surface area contributed by atoms with Gasteiger partial charge in [0.15, 0.2) is 0 Å². The molecule has 0 aliphatic rings. The zero-order valence-electron chi connectivity index (χ0n) is 9.11. The van der Waals surface area contributed by atoms with Crippen molar-refractivity contribution in [2.24, 2.45) is 5.73 Å². The lowest BCUT2D eigenvalue weighted by atomic mass is 10.3. The lowest BCUT2D eigenvalue weighted by Crippen LogP contribution is -2.43. The SMILES string of the molecule is CCN(Nc1cc(Br)ccc1O)C(=O)C(N)=O. The van der Waals surface area contributed by atoms with E-state index in [9.17, 15) is 14.7 Å². The molecule has 0 spiro atoms. The molecule has 17 heavy (non-hydrogen) atoms. The molecule has 6 nitrogen and oxygen atoms in total. The summed E-state index contributed by atoms with van der Waals surface area (Å²) in [6.45, 7) is 1.90. The maximum absolute atomic E-state index is 11.4. The van der Waals surface area contributed by atoms with Crippen LogP contribution in [0.4, 0.5) is 5.69 Å². The van der Waals surface area contributed by atoms with Crippen LogP contribution in [-0.2, 0) is 9.59 Å². The second-order valence-corrected chi connectivity index (χ2v) is 4.10. The maximum Gasteiger partial charge on any atom is 0.329 e. The van der Waals surface area contributed by atoms with Crippen molar-refractivity contribution in [2.75, 3.05) is 12.0 Å². The highest BCUT2D eigenvalue weighted by atomic mass is 79.9. The minimum atomic E-state index is -1.06. The molecule has 0 radical (unpaired) electrons. The van der Waals surface area contributed by atoms with Crippen LogP contribution in [0.5, 0.6) is 5.75 Å². The van der Waals surface area contributed by atoms with Gasteiger partial charge in [-0.05, 0) is 25.1 Å². The molecule has 2 amide bonds. The third-order valence-electron chi connectivity index (χ3n) is 1.99. The molecule has 0 unspecified atom stereocenters. The number of carbonyl (C=O) groups is 2. The molecule has 0 saturated carbocycles. The van der Waals surface area contributed by atoms with Gasteiger partial charge in [0.05, 0.1) is 5.69 Å². The summed E-state index contributed by atoms with van der Waals surface area (Å²) in [6.07, 6.45) is 0. The van der Waals surface area contributed by atoms with Crippen molar-refractivity contribution in [3.8, 4) is 5.75 Å². The van der Waals surface area contributed by atoms with Crippen LogP contribution in [-0.4, -0.2) is 28.5 Å². The summed E-state index contributed by atoms with van der Waals surface area (Å²) >= 11 is 3.23. The smallest absolute Gasteiger partial charge is 0.329 e. The largest absolute Gasteiger partial charge is 0.506 e. The summed E-state index contributed by atoms with van der Waals surface area (Å²) in [7, 11) is 0. The first-order chi connectivity index (χ1) is 7.95. The van der Waals surface area contributed by atoms with E-state index in [0.29, 0.717) is 5.69 Å². The number of hydrazine groups is 1. The average molecular weight is 302 g/mol. The van der Waals surface area contributed by atoms with E-state index in [4.69, 9.17) is 5.73 Å². The standard InChI is InChI=1S/C10H12BrN3O3/c1-2-14(10(17)9(12)16)13-7-5-6(11)3-4-8(7)15/h3-5,13,15H,2H2,1H3,(H2,12,16). The van der Waals surface area contributed by atoms with Gasteiger partial charge >= 0.3 is 11.8 Å². The van der Waals surface area contributed by atoms with Crippen LogP contribution >= 0.6 is 15.9 Å².